The van der Waals surface area contributed by atoms with Gasteiger partial charge in [0.2, 0.25) is 0 Å². The number of rotatable bonds is 3. The van der Waals surface area contributed by atoms with Gasteiger partial charge >= 0.3 is 6.18 Å². The molecule has 2 heterocycles. The molecule has 0 atom stereocenters. The molecule has 3 aromatic rings. The number of hydrogen-bond donors (Lipinski definition) is 2. The smallest absolute Gasteiger partial charge is 0.409 e. The molecule has 5 nitrogen and oxygen atoms in total. The fourth-order valence-corrected chi connectivity index (χ4v) is 3.06. The van der Waals surface area contributed by atoms with Crippen molar-refractivity contribution in [1.29, 1.82) is 0 Å². The van der Waals surface area contributed by atoms with E-state index < -0.39 is 11.7 Å². The molecule has 128 valence electrons. The molecule has 0 aliphatic rings. The van der Waals surface area contributed by atoms with Gasteiger partial charge in [-0.15, -0.1) is 11.3 Å². The molecule has 0 unspecified atom stereocenters. The number of hydrogen-bond acceptors (Lipinski definition) is 5. The Kier molecular flexibility index (Phi) is 4.41. The summed E-state index contributed by atoms with van der Waals surface area (Å²) in [6.07, 6.45) is -2.22. The highest BCUT2D eigenvalue weighted by Crippen LogP contribution is 2.38. The molecule has 0 bridgehead atoms. The van der Waals surface area contributed by atoms with Gasteiger partial charge in [0.25, 0.3) is 0 Å². The monoisotopic (exact) mass is 364 g/mol. The molecule has 0 fully saturated rings. The molecule has 0 saturated heterocycles. The third kappa shape index (κ3) is 3.45. The van der Waals surface area contributed by atoms with Crippen molar-refractivity contribution >= 4 is 17.2 Å². The topological polar surface area (TPSA) is 84.4 Å². The van der Waals surface area contributed by atoms with Gasteiger partial charge < -0.3 is 10.9 Å². The second-order valence-corrected chi connectivity index (χ2v) is 5.88. The number of alkyl halides is 3. The van der Waals surface area contributed by atoms with Gasteiger partial charge in [-0.1, -0.05) is 29.4 Å². The third-order valence-corrected chi connectivity index (χ3v) is 4.32. The quantitative estimate of drug-likeness (QED) is 0.319. The maximum Gasteiger partial charge on any atom is 0.417 e. The van der Waals surface area contributed by atoms with Gasteiger partial charge in [0.05, 0.1) is 11.3 Å². The van der Waals surface area contributed by atoms with Crippen LogP contribution in [0.3, 0.4) is 0 Å². The number of nitrogens with zero attached hydrogens (tertiary/aromatic N) is 3. The molecule has 0 aliphatic carbocycles. The first kappa shape index (κ1) is 16.9. The lowest BCUT2D eigenvalue weighted by atomic mass is 10.1. The van der Waals surface area contributed by atoms with Gasteiger partial charge in [0.1, 0.15) is 5.01 Å². The van der Waals surface area contributed by atoms with E-state index in [1.807, 2.05) is 0 Å². The van der Waals surface area contributed by atoms with E-state index in [4.69, 9.17) is 10.9 Å². The molecular weight excluding hydrogens is 353 g/mol. The van der Waals surface area contributed by atoms with E-state index in [-0.39, 0.29) is 16.4 Å². The highest BCUT2D eigenvalue weighted by atomic mass is 32.1. The molecule has 9 heteroatoms. The van der Waals surface area contributed by atoms with Crippen molar-refractivity contribution in [3.63, 3.8) is 0 Å². The first-order chi connectivity index (χ1) is 11.9. The fraction of sp³-hybridized carbons (Fsp3) is 0.0625. The van der Waals surface area contributed by atoms with E-state index in [0.717, 1.165) is 29.8 Å². The number of thiazole rings is 1. The summed E-state index contributed by atoms with van der Waals surface area (Å²) >= 11 is 1.10. The maximum absolute atomic E-state index is 13.1. The Labute approximate surface area is 144 Å². The minimum atomic E-state index is -4.48. The lowest BCUT2D eigenvalue weighted by molar-refractivity contribution is -0.137. The first-order valence-corrected chi connectivity index (χ1v) is 7.83. The van der Waals surface area contributed by atoms with Gasteiger partial charge in [-0.3, -0.25) is 4.98 Å². The average Bonchev–Trinajstić information content (AvgIpc) is 3.10. The summed E-state index contributed by atoms with van der Waals surface area (Å²) in [5.41, 5.74) is 6.42. The van der Waals surface area contributed by atoms with Crippen LogP contribution in [-0.4, -0.2) is 21.0 Å². The summed E-state index contributed by atoms with van der Waals surface area (Å²) in [6.45, 7) is 0. The molecule has 0 spiro atoms. The Hall–Kier alpha value is -2.94. The number of pyridine rings is 1. The third-order valence-electron chi connectivity index (χ3n) is 3.45. The predicted molar refractivity (Wildman–Crippen MR) is 88.3 cm³/mol. The second kappa shape index (κ2) is 6.52. The highest BCUT2D eigenvalue weighted by Gasteiger charge is 2.34. The standard InChI is InChI=1S/C16H11F3N4OS/c17-16(18,19)12-5-6-21-7-11(12)15-22-13(8-25-15)9-1-3-10(4-2-9)14(20)23-24/h1-8,24H,(H2,20,23). The van der Waals surface area contributed by atoms with E-state index in [2.05, 4.69) is 15.1 Å². The lowest BCUT2D eigenvalue weighted by Crippen LogP contribution is -2.12. The minimum absolute atomic E-state index is 0.0318. The number of aromatic nitrogens is 2. The summed E-state index contributed by atoms with van der Waals surface area (Å²) in [4.78, 5) is 8.06. The van der Waals surface area contributed by atoms with Crippen LogP contribution in [0.2, 0.25) is 0 Å². The SMILES string of the molecule is N/C(=N\O)c1ccc(-c2csc(-c3cnccc3C(F)(F)F)n2)cc1. The number of amidine groups is 1. The van der Waals surface area contributed by atoms with Crippen LogP contribution < -0.4 is 5.73 Å². The van der Waals surface area contributed by atoms with Crippen LogP contribution in [0.5, 0.6) is 0 Å². The van der Waals surface area contributed by atoms with Crippen molar-refractivity contribution < 1.29 is 18.4 Å². The van der Waals surface area contributed by atoms with Gasteiger partial charge in [0.15, 0.2) is 5.84 Å². The Morgan fingerprint density at radius 3 is 2.52 bits per heavy atom. The summed E-state index contributed by atoms with van der Waals surface area (Å²) < 4.78 is 39.4. The Morgan fingerprint density at radius 2 is 1.88 bits per heavy atom. The zero-order valence-corrected chi connectivity index (χ0v) is 13.3. The number of oxime groups is 1. The van der Waals surface area contributed by atoms with Crippen LogP contribution in [-0.2, 0) is 6.18 Å². The second-order valence-electron chi connectivity index (χ2n) is 5.02. The van der Waals surface area contributed by atoms with Crippen LogP contribution >= 0.6 is 11.3 Å². The van der Waals surface area contributed by atoms with E-state index in [1.54, 1.807) is 29.6 Å². The van der Waals surface area contributed by atoms with Crippen LogP contribution in [0.15, 0.2) is 53.3 Å². The molecular formula is C16H11F3N4OS. The van der Waals surface area contributed by atoms with Crippen molar-refractivity contribution in [3.8, 4) is 21.8 Å². The van der Waals surface area contributed by atoms with Crippen molar-refractivity contribution in [3.05, 3.63) is 59.2 Å². The van der Waals surface area contributed by atoms with Gasteiger partial charge in [-0.2, -0.15) is 13.2 Å². The molecule has 0 radical (unpaired) electrons. The van der Waals surface area contributed by atoms with Crippen molar-refractivity contribution in [1.82, 2.24) is 9.97 Å². The summed E-state index contributed by atoms with van der Waals surface area (Å²) in [5.74, 6) is -0.0318. The van der Waals surface area contributed by atoms with Crippen molar-refractivity contribution in [2.45, 2.75) is 6.18 Å². The zero-order valence-electron chi connectivity index (χ0n) is 12.5. The van der Waals surface area contributed by atoms with Gasteiger partial charge in [-0.05, 0) is 6.07 Å². The molecule has 0 amide bonds. The van der Waals surface area contributed by atoms with E-state index >= 15 is 0 Å². The summed E-state index contributed by atoms with van der Waals surface area (Å²) in [6, 6.07) is 7.59. The maximum atomic E-state index is 13.1. The molecule has 25 heavy (non-hydrogen) atoms. The largest absolute Gasteiger partial charge is 0.417 e. The Morgan fingerprint density at radius 1 is 1.16 bits per heavy atom. The van der Waals surface area contributed by atoms with Crippen LogP contribution in [0, 0.1) is 0 Å². The van der Waals surface area contributed by atoms with Crippen LogP contribution in [0.25, 0.3) is 21.8 Å². The van der Waals surface area contributed by atoms with Crippen LogP contribution in [0.4, 0.5) is 13.2 Å². The molecule has 3 rings (SSSR count). The van der Waals surface area contributed by atoms with Crippen molar-refractivity contribution in [2.24, 2.45) is 10.9 Å². The van der Waals surface area contributed by atoms with Crippen molar-refractivity contribution in [2.75, 3.05) is 0 Å². The average molecular weight is 364 g/mol. The summed E-state index contributed by atoms with van der Waals surface area (Å²) in [5, 5.41) is 13.5. The molecule has 1 aromatic carbocycles. The van der Waals surface area contributed by atoms with E-state index in [0.29, 0.717) is 16.8 Å². The normalized spacial score (nSPS) is 12.4. The van der Waals surface area contributed by atoms with E-state index in [1.165, 1.54) is 0 Å². The highest BCUT2D eigenvalue weighted by molar-refractivity contribution is 7.13. The molecule has 2 aromatic heterocycles. The number of benzene rings is 1. The summed E-state index contributed by atoms with van der Waals surface area (Å²) in [7, 11) is 0. The molecule has 0 saturated carbocycles. The minimum Gasteiger partial charge on any atom is -0.409 e. The molecule has 0 aliphatic heterocycles. The fourth-order valence-electron chi connectivity index (χ4n) is 2.21. The van der Waals surface area contributed by atoms with Gasteiger partial charge in [-0.25, -0.2) is 4.98 Å². The van der Waals surface area contributed by atoms with Crippen LogP contribution in [0.1, 0.15) is 11.1 Å². The number of nitrogens with two attached hydrogens (primary N) is 1. The Balaban J connectivity index is 1.97. The number of halogens is 3. The first-order valence-electron chi connectivity index (χ1n) is 6.95. The van der Waals surface area contributed by atoms with E-state index in [9.17, 15) is 13.2 Å². The predicted octanol–water partition coefficient (Wildman–Crippen LogP) is 3.99. The molecule has 3 N–H and O–H groups in total. The van der Waals surface area contributed by atoms with Gasteiger partial charge in [0, 0.05) is 34.5 Å². The Bertz CT molecular complexity index is 920. The zero-order chi connectivity index (χ0) is 18.0. The lowest BCUT2D eigenvalue weighted by Gasteiger charge is -2.09.